The molecule has 0 saturated carbocycles. The lowest BCUT2D eigenvalue weighted by Crippen LogP contribution is -2.08. The van der Waals surface area contributed by atoms with Gasteiger partial charge in [0.15, 0.2) is 0 Å². The molecule has 0 aliphatic carbocycles. The smallest absolute Gasteiger partial charge is 0.282 e. The van der Waals surface area contributed by atoms with Crippen molar-refractivity contribution in [2.45, 2.75) is 64.2 Å². The average Bonchev–Trinajstić information content (AvgIpc) is 2.43. The summed E-state index contributed by atoms with van der Waals surface area (Å²) in [7, 11) is -4.29. The Labute approximate surface area is 139 Å². The number of benzene rings is 2. The fourth-order valence-corrected chi connectivity index (χ4v) is 4.12. The minimum Gasteiger partial charge on any atom is -0.282 e. The zero-order valence-corrected chi connectivity index (χ0v) is 15.5. The van der Waals surface area contributed by atoms with E-state index < -0.39 is 10.1 Å². The van der Waals surface area contributed by atoms with Crippen LogP contribution in [0.4, 0.5) is 0 Å². The maximum atomic E-state index is 12.1. The molecule has 1 N–H and O–H groups in total. The molecule has 4 heteroatoms. The molecule has 0 aliphatic rings. The van der Waals surface area contributed by atoms with Gasteiger partial charge in [-0.15, -0.1) is 0 Å². The Morgan fingerprint density at radius 1 is 0.826 bits per heavy atom. The monoisotopic (exact) mass is 334 g/mol. The molecule has 0 bridgehead atoms. The van der Waals surface area contributed by atoms with Crippen LogP contribution in [0.1, 0.15) is 76.0 Å². The van der Waals surface area contributed by atoms with Gasteiger partial charge in [-0.3, -0.25) is 4.55 Å². The van der Waals surface area contributed by atoms with Gasteiger partial charge in [0.1, 0.15) is 4.90 Å². The van der Waals surface area contributed by atoms with Crippen LogP contribution < -0.4 is 0 Å². The molecule has 126 valence electrons. The lowest BCUT2D eigenvalue weighted by molar-refractivity contribution is 0.482. The van der Waals surface area contributed by atoms with Crippen LogP contribution in [0.3, 0.4) is 0 Å². The highest BCUT2D eigenvalue weighted by molar-refractivity contribution is 7.86. The van der Waals surface area contributed by atoms with Crippen LogP contribution in [0.2, 0.25) is 0 Å². The van der Waals surface area contributed by atoms with Crippen molar-refractivity contribution in [3.05, 3.63) is 41.0 Å². The molecular weight excluding hydrogens is 308 g/mol. The highest BCUT2D eigenvalue weighted by Gasteiger charge is 2.24. The minimum atomic E-state index is -4.29. The summed E-state index contributed by atoms with van der Waals surface area (Å²) in [6.45, 7) is 12.2. The Hall–Kier alpha value is -1.39. The molecular formula is C19H26O3S. The normalized spacial score (nSPS) is 12.8. The van der Waals surface area contributed by atoms with Gasteiger partial charge in [-0.25, -0.2) is 0 Å². The fraction of sp³-hybridized carbons (Fsp3) is 0.474. The van der Waals surface area contributed by atoms with Crippen molar-refractivity contribution in [1.29, 1.82) is 0 Å². The second-order valence-electron chi connectivity index (χ2n) is 7.13. The molecule has 2 aromatic carbocycles. The van der Waals surface area contributed by atoms with E-state index in [0.717, 1.165) is 10.9 Å². The first-order valence-electron chi connectivity index (χ1n) is 8.12. The Morgan fingerprint density at radius 3 is 1.83 bits per heavy atom. The Morgan fingerprint density at radius 2 is 1.39 bits per heavy atom. The first kappa shape index (κ1) is 18.0. The van der Waals surface area contributed by atoms with Crippen LogP contribution in [0.5, 0.6) is 0 Å². The fourth-order valence-electron chi connectivity index (χ4n) is 3.03. The molecule has 0 aliphatic heterocycles. The topological polar surface area (TPSA) is 54.4 Å². The molecule has 0 heterocycles. The summed E-state index contributed by atoms with van der Waals surface area (Å²) in [6, 6.07) is 7.91. The molecule has 0 spiro atoms. The van der Waals surface area contributed by atoms with Crippen LogP contribution in [-0.2, 0) is 10.1 Å². The van der Waals surface area contributed by atoms with E-state index in [1.54, 1.807) is 0 Å². The summed E-state index contributed by atoms with van der Waals surface area (Å²) in [5.74, 6) is 0.538. The molecule has 0 aromatic heterocycles. The molecule has 0 amide bonds. The van der Waals surface area contributed by atoms with E-state index >= 15 is 0 Å². The van der Waals surface area contributed by atoms with E-state index in [1.165, 1.54) is 5.56 Å². The Bertz CT molecular complexity index is 831. The molecule has 3 nitrogen and oxygen atoms in total. The van der Waals surface area contributed by atoms with Crippen molar-refractivity contribution in [3.8, 4) is 0 Å². The summed E-state index contributed by atoms with van der Waals surface area (Å²) in [5, 5.41) is 1.54. The lowest BCUT2D eigenvalue weighted by Gasteiger charge is -2.20. The molecule has 2 aromatic rings. The van der Waals surface area contributed by atoms with Crippen LogP contribution in [0.15, 0.2) is 29.2 Å². The van der Waals surface area contributed by atoms with Gasteiger partial charge in [-0.1, -0.05) is 65.8 Å². The van der Waals surface area contributed by atoms with Gasteiger partial charge in [0, 0.05) is 5.39 Å². The molecule has 0 saturated heterocycles. The molecule has 0 atom stereocenters. The SMILES string of the molecule is CC(C)c1cc(C(C)C)c2c(S(=O)(=O)O)c(C(C)C)ccc2c1. The summed E-state index contributed by atoms with van der Waals surface area (Å²) < 4.78 is 34.1. The highest BCUT2D eigenvalue weighted by atomic mass is 32.2. The third kappa shape index (κ3) is 3.43. The second kappa shape index (κ2) is 6.25. The zero-order valence-electron chi connectivity index (χ0n) is 14.7. The molecule has 0 unspecified atom stereocenters. The van der Waals surface area contributed by atoms with Crippen LogP contribution in [0.25, 0.3) is 10.8 Å². The van der Waals surface area contributed by atoms with Crippen molar-refractivity contribution < 1.29 is 13.0 Å². The van der Waals surface area contributed by atoms with Crippen LogP contribution in [-0.4, -0.2) is 13.0 Å². The standard InChI is InChI=1S/C19H26O3S/c1-11(2)15-9-14-7-8-16(12(3)4)19(23(20,21)22)18(14)17(10-15)13(5)6/h7-13H,1-6H3,(H,20,21,22). The van der Waals surface area contributed by atoms with Gasteiger partial charge in [-0.2, -0.15) is 8.42 Å². The Balaban J connectivity index is 3.06. The third-order valence-electron chi connectivity index (χ3n) is 4.32. The molecule has 23 heavy (non-hydrogen) atoms. The van der Waals surface area contributed by atoms with E-state index in [0.29, 0.717) is 16.9 Å². The number of hydrogen-bond acceptors (Lipinski definition) is 2. The van der Waals surface area contributed by atoms with Gasteiger partial charge < -0.3 is 0 Å². The summed E-state index contributed by atoms with van der Waals surface area (Å²) in [5.41, 5.74) is 2.82. The van der Waals surface area contributed by atoms with Crippen molar-refractivity contribution in [2.24, 2.45) is 0 Å². The predicted octanol–water partition coefficient (Wildman–Crippen LogP) is 5.46. The number of fused-ring (bicyclic) bond motifs is 1. The van der Waals surface area contributed by atoms with E-state index in [2.05, 4.69) is 33.8 Å². The average molecular weight is 334 g/mol. The van der Waals surface area contributed by atoms with Gasteiger partial charge >= 0.3 is 0 Å². The lowest BCUT2D eigenvalue weighted by atomic mass is 9.88. The van der Waals surface area contributed by atoms with Crippen LogP contribution >= 0.6 is 0 Å². The second-order valence-corrected chi connectivity index (χ2v) is 8.49. The summed E-state index contributed by atoms with van der Waals surface area (Å²) in [4.78, 5) is 0.0732. The quantitative estimate of drug-likeness (QED) is 0.756. The van der Waals surface area contributed by atoms with Crippen LogP contribution in [0, 0.1) is 0 Å². The Kier molecular flexibility index (Phi) is 4.88. The van der Waals surface area contributed by atoms with E-state index in [4.69, 9.17) is 0 Å². The van der Waals surface area contributed by atoms with Gasteiger partial charge in [0.05, 0.1) is 0 Å². The van der Waals surface area contributed by atoms with Gasteiger partial charge in [0.25, 0.3) is 10.1 Å². The van der Waals surface area contributed by atoms with Crippen molar-refractivity contribution in [1.82, 2.24) is 0 Å². The molecule has 2 rings (SSSR count). The first-order chi connectivity index (χ1) is 10.5. The summed E-state index contributed by atoms with van der Waals surface area (Å²) in [6.07, 6.45) is 0. The predicted molar refractivity (Wildman–Crippen MR) is 96.0 cm³/mol. The van der Waals surface area contributed by atoms with E-state index in [9.17, 15) is 13.0 Å². The number of hydrogen-bond donors (Lipinski definition) is 1. The minimum absolute atomic E-state index is 0.0149. The maximum Gasteiger partial charge on any atom is 0.295 e. The van der Waals surface area contributed by atoms with Crippen molar-refractivity contribution in [3.63, 3.8) is 0 Å². The largest absolute Gasteiger partial charge is 0.295 e. The van der Waals surface area contributed by atoms with Gasteiger partial charge in [-0.05, 0) is 39.8 Å². The molecule has 0 radical (unpaired) electrons. The van der Waals surface area contributed by atoms with Crippen molar-refractivity contribution >= 4 is 20.9 Å². The van der Waals surface area contributed by atoms with E-state index in [1.807, 2.05) is 32.0 Å². The molecule has 0 fully saturated rings. The zero-order chi connectivity index (χ0) is 17.5. The highest BCUT2D eigenvalue weighted by Crippen LogP contribution is 2.38. The number of rotatable bonds is 4. The summed E-state index contributed by atoms with van der Waals surface area (Å²) >= 11 is 0. The third-order valence-corrected chi connectivity index (χ3v) is 5.28. The van der Waals surface area contributed by atoms with E-state index in [-0.39, 0.29) is 16.7 Å². The van der Waals surface area contributed by atoms with Crippen molar-refractivity contribution in [2.75, 3.05) is 0 Å². The van der Waals surface area contributed by atoms with Gasteiger partial charge in [0.2, 0.25) is 0 Å². The first-order valence-corrected chi connectivity index (χ1v) is 9.56. The maximum absolute atomic E-state index is 12.1.